The van der Waals surface area contributed by atoms with Gasteiger partial charge in [-0.15, -0.1) is 0 Å². The summed E-state index contributed by atoms with van der Waals surface area (Å²) >= 11 is 5.28. The van der Waals surface area contributed by atoms with Crippen LogP contribution in [0.3, 0.4) is 0 Å². The van der Waals surface area contributed by atoms with Crippen LogP contribution < -0.4 is 5.32 Å². The Hall–Kier alpha value is -0.220. The maximum atomic E-state index is 4.38. The number of rotatable bonds is 5. The van der Waals surface area contributed by atoms with E-state index in [0.717, 1.165) is 22.5 Å². The van der Waals surface area contributed by atoms with Crippen LogP contribution in [0, 0.1) is 6.92 Å². The van der Waals surface area contributed by atoms with E-state index in [1.54, 1.807) is 0 Å². The van der Waals surface area contributed by atoms with Gasteiger partial charge in [0.25, 0.3) is 0 Å². The Morgan fingerprint density at radius 1 is 1.60 bits per heavy atom. The normalized spacial score (nSPS) is 12.5. The molecule has 15 heavy (non-hydrogen) atoms. The Labute approximate surface area is 104 Å². The molecule has 1 unspecified atom stereocenters. The summed E-state index contributed by atoms with van der Waals surface area (Å²) in [5, 5.41) is 3.47. The minimum atomic E-state index is 0.507. The molecule has 1 rings (SSSR count). The van der Waals surface area contributed by atoms with Gasteiger partial charge in [0.15, 0.2) is 0 Å². The monoisotopic (exact) mass is 288 g/mol. The minimum Gasteiger partial charge on any atom is -0.366 e. The second-order valence-corrected chi connectivity index (χ2v) is 5.35. The maximum Gasteiger partial charge on any atom is 0.129 e. The highest BCUT2D eigenvalue weighted by Gasteiger charge is 2.07. The molecule has 0 aliphatic heterocycles. The van der Waals surface area contributed by atoms with Crippen LogP contribution in [0.25, 0.3) is 0 Å². The summed E-state index contributed by atoms with van der Waals surface area (Å²) < 4.78 is 1.03. The molecule has 1 N–H and O–H groups in total. The zero-order valence-electron chi connectivity index (χ0n) is 9.38. The SMILES string of the molecule is CCC(CSC)Nc1ncc(Br)cc1C. The summed E-state index contributed by atoms with van der Waals surface area (Å²) in [4.78, 5) is 4.38. The third-order valence-electron chi connectivity index (χ3n) is 2.25. The molecule has 0 spiro atoms. The van der Waals surface area contributed by atoms with Gasteiger partial charge in [0.1, 0.15) is 5.82 Å². The van der Waals surface area contributed by atoms with Crippen molar-refractivity contribution in [1.82, 2.24) is 4.98 Å². The number of hydrogen-bond acceptors (Lipinski definition) is 3. The lowest BCUT2D eigenvalue weighted by molar-refractivity contribution is 0.768. The number of aromatic nitrogens is 1. The Bertz CT molecular complexity index is 317. The molecular formula is C11H17BrN2S. The average molecular weight is 289 g/mol. The van der Waals surface area contributed by atoms with Gasteiger partial charge in [-0.1, -0.05) is 6.92 Å². The number of halogens is 1. The topological polar surface area (TPSA) is 24.9 Å². The largest absolute Gasteiger partial charge is 0.366 e. The van der Waals surface area contributed by atoms with Gasteiger partial charge in [-0.25, -0.2) is 4.98 Å². The first-order chi connectivity index (χ1) is 7.17. The Kier molecular flexibility index (Phi) is 5.47. The standard InChI is InChI=1S/C11H17BrN2S/c1-4-10(7-15-3)14-11-8(2)5-9(12)6-13-11/h5-6,10H,4,7H2,1-3H3,(H,13,14). The molecular weight excluding hydrogens is 272 g/mol. The van der Waals surface area contributed by atoms with Crippen LogP contribution in [0.15, 0.2) is 16.7 Å². The lowest BCUT2D eigenvalue weighted by Gasteiger charge is -2.17. The lowest BCUT2D eigenvalue weighted by Crippen LogP contribution is -2.22. The first-order valence-corrected chi connectivity index (χ1v) is 7.23. The van der Waals surface area contributed by atoms with Gasteiger partial charge in [-0.05, 0) is 47.2 Å². The van der Waals surface area contributed by atoms with E-state index in [9.17, 15) is 0 Å². The number of nitrogens with one attached hydrogen (secondary N) is 1. The van der Waals surface area contributed by atoms with Gasteiger partial charge in [0, 0.05) is 22.5 Å². The molecule has 84 valence electrons. The third-order valence-corrected chi connectivity index (χ3v) is 3.42. The molecule has 0 fully saturated rings. The smallest absolute Gasteiger partial charge is 0.129 e. The fourth-order valence-electron chi connectivity index (χ4n) is 1.35. The van der Waals surface area contributed by atoms with E-state index in [4.69, 9.17) is 0 Å². The highest BCUT2D eigenvalue weighted by atomic mass is 79.9. The quantitative estimate of drug-likeness (QED) is 0.894. The minimum absolute atomic E-state index is 0.507. The van der Waals surface area contributed by atoms with Crippen LogP contribution >= 0.6 is 27.7 Å². The van der Waals surface area contributed by atoms with Crippen molar-refractivity contribution in [1.29, 1.82) is 0 Å². The molecule has 1 aromatic rings. The van der Waals surface area contributed by atoms with E-state index in [0.29, 0.717) is 6.04 Å². The molecule has 0 amide bonds. The predicted octanol–water partition coefficient (Wildman–Crippen LogP) is 3.71. The molecule has 4 heteroatoms. The summed E-state index contributed by atoms with van der Waals surface area (Å²) in [7, 11) is 0. The van der Waals surface area contributed by atoms with Crippen molar-refractivity contribution < 1.29 is 0 Å². The summed E-state index contributed by atoms with van der Waals surface area (Å²) in [6.07, 6.45) is 5.09. The second-order valence-electron chi connectivity index (χ2n) is 3.52. The van der Waals surface area contributed by atoms with E-state index in [1.807, 2.05) is 18.0 Å². The van der Waals surface area contributed by atoms with Crippen molar-refractivity contribution in [3.8, 4) is 0 Å². The van der Waals surface area contributed by atoms with Crippen molar-refractivity contribution in [2.75, 3.05) is 17.3 Å². The van der Waals surface area contributed by atoms with E-state index >= 15 is 0 Å². The summed E-state index contributed by atoms with van der Waals surface area (Å²) in [6.45, 7) is 4.27. The van der Waals surface area contributed by atoms with Crippen LogP contribution in [0.4, 0.5) is 5.82 Å². The summed E-state index contributed by atoms with van der Waals surface area (Å²) in [5.74, 6) is 2.12. The van der Waals surface area contributed by atoms with Gasteiger partial charge in [-0.3, -0.25) is 0 Å². The first kappa shape index (κ1) is 12.8. The predicted molar refractivity (Wildman–Crippen MR) is 72.8 cm³/mol. The van der Waals surface area contributed by atoms with E-state index in [1.165, 1.54) is 5.56 Å². The zero-order chi connectivity index (χ0) is 11.3. The van der Waals surface area contributed by atoms with Crippen LogP contribution in [-0.4, -0.2) is 23.0 Å². The number of pyridine rings is 1. The Morgan fingerprint density at radius 2 is 2.33 bits per heavy atom. The fraction of sp³-hybridized carbons (Fsp3) is 0.545. The van der Waals surface area contributed by atoms with Gasteiger partial charge in [-0.2, -0.15) is 11.8 Å². The van der Waals surface area contributed by atoms with E-state index in [2.05, 4.69) is 52.4 Å². The second kappa shape index (κ2) is 6.38. The number of thioether (sulfide) groups is 1. The van der Waals surface area contributed by atoms with Crippen molar-refractivity contribution in [3.05, 3.63) is 22.3 Å². The summed E-state index contributed by atoms with van der Waals surface area (Å²) in [6, 6.07) is 2.59. The van der Waals surface area contributed by atoms with Crippen LogP contribution in [0.5, 0.6) is 0 Å². The van der Waals surface area contributed by atoms with Crippen molar-refractivity contribution in [2.24, 2.45) is 0 Å². The van der Waals surface area contributed by atoms with Gasteiger partial charge >= 0.3 is 0 Å². The molecule has 0 aliphatic carbocycles. The molecule has 1 heterocycles. The molecule has 0 bridgehead atoms. The average Bonchev–Trinajstić information content (AvgIpc) is 2.21. The molecule has 2 nitrogen and oxygen atoms in total. The first-order valence-electron chi connectivity index (χ1n) is 5.05. The van der Waals surface area contributed by atoms with E-state index < -0.39 is 0 Å². The Balaban J connectivity index is 2.70. The molecule has 0 saturated heterocycles. The zero-order valence-corrected chi connectivity index (χ0v) is 11.8. The number of anilines is 1. The van der Waals surface area contributed by atoms with Crippen LogP contribution in [-0.2, 0) is 0 Å². The molecule has 1 aromatic heterocycles. The van der Waals surface area contributed by atoms with Crippen molar-refractivity contribution in [3.63, 3.8) is 0 Å². The van der Waals surface area contributed by atoms with Crippen molar-refractivity contribution >= 4 is 33.5 Å². The molecule has 0 aliphatic rings. The highest BCUT2D eigenvalue weighted by molar-refractivity contribution is 9.10. The molecule has 0 saturated carbocycles. The molecule has 1 atom stereocenters. The number of nitrogens with zero attached hydrogens (tertiary/aromatic N) is 1. The van der Waals surface area contributed by atoms with E-state index in [-0.39, 0.29) is 0 Å². The Morgan fingerprint density at radius 3 is 2.87 bits per heavy atom. The van der Waals surface area contributed by atoms with Crippen LogP contribution in [0.2, 0.25) is 0 Å². The number of hydrogen-bond donors (Lipinski definition) is 1. The van der Waals surface area contributed by atoms with Crippen LogP contribution in [0.1, 0.15) is 18.9 Å². The van der Waals surface area contributed by atoms with Gasteiger partial charge < -0.3 is 5.32 Å². The van der Waals surface area contributed by atoms with Crippen molar-refractivity contribution in [2.45, 2.75) is 26.3 Å². The fourth-order valence-corrected chi connectivity index (χ4v) is 2.51. The molecule has 0 aromatic carbocycles. The maximum absolute atomic E-state index is 4.38. The molecule has 0 radical (unpaired) electrons. The lowest BCUT2D eigenvalue weighted by atomic mass is 10.2. The number of aryl methyl sites for hydroxylation is 1. The third kappa shape index (κ3) is 4.03. The van der Waals surface area contributed by atoms with Gasteiger partial charge in [0.2, 0.25) is 0 Å². The summed E-state index contributed by atoms with van der Waals surface area (Å²) in [5.41, 5.74) is 1.18. The highest BCUT2D eigenvalue weighted by Crippen LogP contribution is 2.18. The van der Waals surface area contributed by atoms with Gasteiger partial charge in [0.05, 0.1) is 0 Å².